The van der Waals surface area contributed by atoms with Gasteiger partial charge in [-0.1, -0.05) is 0 Å². The second-order valence-electron chi connectivity index (χ2n) is 2.43. The number of nitriles is 1. The maximum Gasteiger partial charge on any atom is 0.416 e. The zero-order valence-electron chi connectivity index (χ0n) is 6.49. The summed E-state index contributed by atoms with van der Waals surface area (Å²) in [5, 5.41) is 8.42. The van der Waals surface area contributed by atoms with Crippen molar-refractivity contribution in [3.05, 3.63) is 33.5 Å². The molecule has 1 rings (SSSR count). The summed E-state index contributed by atoms with van der Waals surface area (Å²) in [5.41, 5.74) is -1.55. The van der Waals surface area contributed by atoms with Crippen LogP contribution in [0.25, 0.3) is 0 Å². The van der Waals surface area contributed by atoms with Crippen LogP contribution < -0.4 is 0 Å². The van der Waals surface area contributed by atoms with Crippen molar-refractivity contribution in [2.45, 2.75) is 6.18 Å². The molecule has 0 N–H and O–H groups in total. The average Bonchev–Trinajstić information content (AvgIpc) is 2.07. The highest BCUT2D eigenvalue weighted by Gasteiger charge is 2.32. The van der Waals surface area contributed by atoms with Crippen LogP contribution in [-0.4, -0.2) is 0 Å². The van der Waals surface area contributed by atoms with Crippen LogP contribution in [0.2, 0.25) is 0 Å². The van der Waals surface area contributed by atoms with E-state index >= 15 is 0 Å². The molecule has 0 aliphatic rings. The van der Waals surface area contributed by atoms with E-state index in [1.54, 1.807) is 0 Å². The van der Waals surface area contributed by atoms with Gasteiger partial charge in [-0.25, -0.2) is 4.39 Å². The first kappa shape index (κ1) is 11.0. The molecule has 1 aromatic carbocycles. The van der Waals surface area contributed by atoms with Crippen LogP contribution in [0.5, 0.6) is 0 Å². The number of hydrogen-bond donors (Lipinski definition) is 0. The van der Waals surface area contributed by atoms with E-state index in [2.05, 4.69) is 15.9 Å². The maximum absolute atomic E-state index is 12.9. The van der Waals surface area contributed by atoms with Gasteiger partial charge in [0.15, 0.2) is 0 Å². The molecule has 0 aliphatic heterocycles. The van der Waals surface area contributed by atoms with Crippen LogP contribution >= 0.6 is 15.9 Å². The predicted molar refractivity (Wildman–Crippen MR) is 43.8 cm³/mol. The van der Waals surface area contributed by atoms with Crippen molar-refractivity contribution >= 4 is 15.9 Å². The van der Waals surface area contributed by atoms with E-state index in [4.69, 9.17) is 5.26 Å². The molecule has 74 valence electrons. The summed E-state index contributed by atoms with van der Waals surface area (Å²) >= 11 is 2.68. The maximum atomic E-state index is 12.9. The molecule has 14 heavy (non-hydrogen) atoms. The fourth-order valence-corrected chi connectivity index (χ4v) is 1.15. The second-order valence-corrected chi connectivity index (χ2v) is 3.22. The second kappa shape index (κ2) is 3.58. The monoisotopic (exact) mass is 267 g/mol. The van der Waals surface area contributed by atoms with E-state index in [0.717, 1.165) is 0 Å². The van der Waals surface area contributed by atoms with Gasteiger partial charge >= 0.3 is 6.18 Å². The molecule has 1 nitrogen and oxygen atoms in total. The molecular formula is C8H2BrF4N. The van der Waals surface area contributed by atoms with E-state index in [1.807, 2.05) is 0 Å². The molecule has 1 aromatic rings. The zero-order valence-corrected chi connectivity index (χ0v) is 8.08. The minimum atomic E-state index is -4.65. The first-order valence-electron chi connectivity index (χ1n) is 3.32. The van der Waals surface area contributed by atoms with Gasteiger partial charge in [-0.2, -0.15) is 18.4 Å². The molecule has 0 aliphatic carbocycles. The molecule has 0 amide bonds. The third-order valence-corrected chi connectivity index (χ3v) is 2.28. The molecule has 0 atom stereocenters. The fourth-order valence-electron chi connectivity index (χ4n) is 0.834. The molecular weight excluding hydrogens is 266 g/mol. The summed E-state index contributed by atoms with van der Waals surface area (Å²) < 4.78 is 49.0. The van der Waals surface area contributed by atoms with Gasteiger partial charge in [0.1, 0.15) is 11.9 Å². The first-order chi connectivity index (χ1) is 6.36. The Balaban J connectivity index is 3.40. The fraction of sp³-hybridized carbons (Fsp3) is 0.125. The van der Waals surface area contributed by atoms with Crippen LogP contribution in [0.15, 0.2) is 16.6 Å². The van der Waals surface area contributed by atoms with E-state index in [9.17, 15) is 17.6 Å². The largest absolute Gasteiger partial charge is 0.416 e. The summed E-state index contributed by atoms with van der Waals surface area (Å²) in [7, 11) is 0. The Morgan fingerprint density at radius 1 is 1.29 bits per heavy atom. The topological polar surface area (TPSA) is 23.8 Å². The van der Waals surface area contributed by atoms with Crippen molar-refractivity contribution in [3.63, 3.8) is 0 Å². The van der Waals surface area contributed by atoms with Crippen molar-refractivity contribution in [1.29, 1.82) is 5.26 Å². The summed E-state index contributed by atoms with van der Waals surface area (Å²) in [6.07, 6.45) is -4.65. The Kier molecular flexibility index (Phi) is 2.81. The molecule has 0 saturated carbocycles. The first-order valence-corrected chi connectivity index (χ1v) is 4.12. The van der Waals surface area contributed by atoms with Gasteiger partial charge in [0.05, 0.1) is 15.6 Å². The minimum Gasteiger partial charge on any atom is -0.206 e. The van der Waals surface area contributed by atoms with E-state index in [1.165, 1.54) is 6.07 Å². The number of halogens is 5. The van der Waals surface area contributed by atoms with Gasteiger partial charge in [-0.05, 0) is 28.1 Å². The molecule has 0 saturated heterocycles. The van der Waals surface area contributed by atoms with E-state index < -0.39 is 17.6 Å². The highest BCUT2D eigenvalue weighted by Crippen LogP contribution is 2.33. The summed E-state index contributed by atoms with van der Waals surface area (Å²) in [6.45, 7) is 0. The standard InChI is InChI=1S/C8H2BrF4N/c9-7-4(3-14)1-5(2-6(7)10)8(11,12)13/h1-2H. The third kappa shape index (κ3) is 2.04. The van der Waals surface area contributed by atoms with Crippen molar-refractivity contribution in [3.8, 4) is 6.07 Å². The number of nitrogens with zero attached hydrogens (tertiary/aromatic N) is 1. The molecule has 0 bridgehead atoms. The Morgan fingerprint density at radius 2 is 1.86 bits per heavy atom. The molecule has 0 aromatic heterocycles. The van der Waals surface area contributed by atoms with Gasteiger partial charge in [0.2, 0.25) is 0 Å². The molecule has 0 heterocycles. The summed E-state index contributed by atoms with van der Waals surface area (Å²) in [5.74, 6) is -1.10. The molecule has 6 heteroatoms. The highest BCUT2D eigenvalue weighted by molar-refractivity contribution is 9.10. The SMILES string of the molecule is N#Cc1cc(C(F)(F)F)cc(F)c1Br. The number of rotatable bonds is 0. The lowest BCUT2D eigenvalue weighted by atomic mass is 10.1. The van der Waals surface area contributed by atoms with Crippen molar-refractivity contribution < 1.29 is 17.6 Å². The van der Waals surface area contributed by atoms with E-state index in [-0.39, 0.29) is 10.0 Å². The van der Waals surface area contributed by atoms with Crippen LogP contribution in [-0.2, 0) is 6.18 Å². The quantitative estimate of drug-likeness (QED) is 0.661. The third-order valence-electron chi connectivity index (χ3n) is 1.48. The molecule has 0 radical (unpaired) electrons. The zero-order chi connectivity index (χ0) is 10.9. The Morgan fingerprint density at radius 3 is 2.29 bits per heavy atom. The lowest BCUT2D eigenvalue weighted by Crippen LogP contribution is -2.06. The predicted octanol–water partition coefficient (Wildman–Crippen LogP) is 3.48. The molecule has 0 fully saturated rings. The number of alkyl halides is 3. The van der Waals surface area contributed by atoms with Gasteiger partial charge < -0.3 is 0 Å². The van der Waals surface area contributed by atoms with Crippen molar-refractivity contribution in [2.24, 2.45) is 0 Å². The smallest absolute Gasteiger partial charge is 0.206 e. The summed E-state index contributed by atoms with van der Waals surface area (Å²) in [4.78, 5) is 0. The molecule has 0 spiro atoms. The number of hydrogen-bond acceptors (Lipinski definition) is 1. The van der Waals surface area contributed by atoms with Crippen LogP contribution in [0, 0.1) is 17.1 Å². The lowest BCUT2D eigenvalue weighted by Gasteiger charge is -2.07. The summed E-state index contributed by atoms with van der Waals surface area (Å²) in [6, 6.07) is 2.39. The lowest BCUT2D eigenvalue weighted by molar-refractivity contribution is -0.137. The van der Waals surface area contributed by atoms with Gasteiger partial charge in [0.25, 0.3) is 0 Å². The van der Waals surface area contributed by atoms with Gasteiger partial charge in [-0.3, -0.25) is 0 Å². The van der Waals surface area contributed by atoms with Gasteiger partial charge in [0, 0.05) is 0 Å². The Bertz CT molecular complexity index is 405. The van der Waals surface area contributed by atoms with Crippen molar-refractivity contribution in [1.82, 2.24) is 0 Å². The molecule has 0 unspecified atom stereocenters. The van der Waals surface area contributed by atoms with Gasteiger partial charge in [-0.15, -0.1) is 0 Å². The Labute approximate surface area is 85.1 Å². The van der Waals surface area contributed by atoms with Crippen LogP contribution in [0.1, 0.15) is 11.1 Å². The average molecular weight is 268 g/mol. The van der Waals surface area contributed by atoms with Crippen molar-refractivity contribution in [2.75, 3.05) is 0 Å². The highest BCUT2D eigenvalue weighted by atomic mass is 79.9. The number of benzene rings is 1. The minimum absolute atomic E-state index is 0.256. The van der Waals surface area contributed by atoms with Crippen LogP contribution in [0.4, 0.5) is 17.6 Å². The normalized spacial score (nSPS) is 11.1. The van der Waals surface area contributed by atoms with E-state index in [0.29, 0.717) is 12.1 Å². The Hall–Kier alpha value is -1.09. The van der Waals surface area contributed by atoms with Crippen LogP contribution in [0.3, 0.4) is 0 Å².